The smallest absolute Gasteiger partial charge is 0.251 e. The van der Waals surface area contributed by atoms with Crippen LogP contribution >= 0.6 is 12.4 Å². The molecule has 0 aliphatic carbocycles. The van der Waals surface area contributed by atoms with Gasteiger partial charge in [0.15, 0.2) is 0 Å². The van der Waals surface area contributed by atoms with Crippen LogP contribution in [-0.2, 0) is 13.0 Å². The molecule has 118 valence electrons. The Bertz CT molecular complexity index is 620. The third-order valence-corrected chi connectivity index (χ3v) is 3.16. The van der Waals surface area contributed by atoms with Crippen molar-refractivity contribution in [1.29, 1.82) is 0 Å². The molecule has 0 spiro atoms. The number of pyridine rings is 1. The van der Waals surface area contributed by atoms with Crippen LogP contribution in [0.15, 0.2) is 42.6 Å². The topological polar surface area (TPSA) is 77.2 Å². The Labute approximate surface area is 136 Å². The molecule has 6 heteroatoms. The summed E-state index contributed by atoms with van der Waals surface area (Å²) in [6, 6.07) is 11.2. The van der Waals surface area contributed by atoms with Crippen molar-refractivity contribution in [2.75, 3.05) is 13.7 Å². The predicted molar refractivity (Wildman–Crippen MR) is 88.4 cm³/mol. The van der Waals surface area contributed by atoms with Gasteiger partial charge in [0.1, 0.15) is 5.75 Å². The number of nitrogens with two attached hydrogens (primary N) is 1. The van der Waals surface area contributed by atoms with Gasteiger partial charge in [-0.15, -0.1) is 12.4 Å². The van der Waals surface area contributed by atoms with Gasteiger partial charge in [-0.2, -0.15) is 0 Å². The molecule has 0 aliphatic rings. The molecule has 0 saturated heterocycles. The van der Waals surface area contributed by atoms with Crippen LogP contribution in [0.25, 0.3) is 0 Å². The molecule has 22 heavy (non-hydrogen) atoms. The molecule has 5 nitrogen and oxygen atoms in total. The van der Waals surface area contributed by atoms with Crippen LogP contribution in [0.4, 0.5) is 0 Å². The van der Waals surface area contributed by atoms with Crippen molar-refractivity contribution in [3.8, 4) is 5.75 Å². The minimum absolute atomic E-state index is 0. The van der Waals surface area contributed by atoms with Gasteiger partial charge in [-0.1, -0.05) is 18.2 Å². The predicted octanol–water partition coefficient (Wildman–Crippen LogP) is 1.94. The van der Waals surface area contributed by atoms with Gasteiger partial charge < -0.3 is 15.8 Å². The second kappa shape index (κ2) is 9.02. The third-order valence-electron chi connectivity index (χ3n) is 3.16. The highest BCUT2D eigenvalue weighted by atomic mass is 35.5. The lowest BCUT2D eigenvalue weighted by molar-refractivity contribution is 0.0954. The number of para-hydroxylation sites is 1. The van der Waals surface area contributed by atoms with Gasteiger partial charge in [0, 0.05) is 24.8 Å². The van der Waals surface area contributed by atoms with Gasteiger partial charge in [0.25, 0.3) is 5.91 Å². The molecular formula is C16H20ClN3O2. The highest BCUT2D eigenvalue weighted by molar-refractivity contribution is 5.94. The third kappa shape index (κ3) is 4.72. The van der Waals surface area contributed by atoms with E-state index in [0.29, 0.717) is 30.8 Å². The highest BCUT2D eigenvalue weighted by Crippen LogP contribution is 2.17. The average Bonchev–Trinajstić information content (AvgIpc) is 2.55. The van der Waals surface area contributed by atoms with Crippen molar-refractivity contribution in [2.45, 2.75) is 13.0 Å². The fourth-order valence-corrected chi connectivity index (χ4v) is 2.05. The standard InChI is InChI=1S/C16H19N3O2.ClH/c1-21-15-5-3-2-4-12(15)6-9-19-16(20)13-7-8-18-14(10-13)11-17;/h2-5,7-8,10H,6,9,11,17H2,1H3,(H,19,20);1H. The van der Waals surface area contributed by atoms with Crippen molar-refractivity contribution < 1.29 is 9.53 Å². The monoisotopic (exact) mass is 321 g/mol. The van der Waals surface area contributed by atoms with Gasteiger partial charge in [-0.25, -0.2) is 0 Å². The lowest BCUT2D eigenvalue weighted by Gasteiger charge is -2.09. The summed E-state index contributed by atoms with van der Waals surface area (Å²) in [5.41, 5.74) is 7.86. The molecule has 1 heterocycles. The molecule has 2 aromatic rings. The molecule has 0 saturated carbocycles. The lowest BCUT2D eigenvalue weighted by atomic mass is 10.1. The Morgan fingerprint density at radius 1 is 1.32 bits per heavy atom. The number of carbonyl (C=O) groups is 1. The molecule has 0 unspecified atom stereocenters. The highest BCUT2D eigenvalue weighted by Gasteiger charge is 2.07. The number of aromatic nitrogens is 1. The number of methoxy groups -OCH3 is 1. The SMILES string of the molecule is COc1ccccc1CCNC(=O)c1ccnc(CN)c1.Cl. The molecule has 0 bridgehead atoms. The Kier molecular flexibility index (Phi) is 7.36. The van der Waals surface area contributed by atoms with Crippen LogP contribution < -0.4 is 15.8 Å². The van der Waals surface area contributed by atoms with Crippen molar-refractivity contribution in [1.82, 2.24) is 10.3 Å². The van der Waals surface area contributed by atoms with Crippen LogP contribution in [0.5, 0.6) is 5.75 Å². The first-order valence-electron chi connectivity index (χ1n) is 6.79. The number of rotatable bonds is 6. The minimum atomic E-state index is -0.123. The van der Waals surface area contributed by atoms with E-state index in [4.69, 9.17) is 10.5 Å². The molecule has 1 amide bonds. The lowest BCUT2D eigenvalue weighted by Crippen LogP contribution is -2.26. The number of amides is 1. The number of nitrogens with zero attached hydrogens (tertiary/aromatic N) is 1. The average molecular weight is 322 g/mol. The maximum Gasteiger partial charge on any atom is 0.251 e. The molecule has 0 radical (unpaired) electrons. The first kappa shape index (κ1) is 17.9. The molecule has 0 atom stereocenters. The number of nitrogens with one attached hydrogen (secondary N) is 1. The minimum Gasteiger partial charge on any atom is -0.496 e. The summed E-state index contributed by atoms with van der Waals surface area (Å²) >= 11 is 0. The Hall–Kier alpha value is -2.11. The number of hydrogen-bond donors (Lipinski definition) is 2. The second-order valence-corrected chi connectivity index (χ2v) is 4.56. The van der Waals surface area contributed by atoms with Gasteiger partial charge in [-0.05, 0) is 30.2 Å². The number of hydrogen-bond acceptors (Lipinski definition) is 4. The van der Waals surface area contributed by atoms with E-state index < -0.39 is 0 Å². The van der Waals surface area contributed by atoms with Crippen LogP contribution in [0.3, 0.4) is 0 Å². The Morgan fingerprint density at radius 3 is 2.82 bits per heavy atom. The summed E-state index contributed by atoms with van der Waals surface area (Å²) in [5, 5.41) is 2.89. The van der Waals surface area contributed by atoms with Crippen LogP contribution in [0, 0.1) is 0 Å². The molecule has 1 aromatic carbocycles. The number of benzene rings is 1. The summed E-state index contributed by atoms with van der Waals surface area (Å²) in [4.78, 5) is 16.1. The molecular weight excluding hydrogens is 302 g/mol. The number of carbonyl (C=O) groups excluding carboxylic acids is 1. The summed E-state index contributed by atoms with van der Waals surface area (Å²) in [7, 11) is 1.64. The van der Waals surface area contributed by atoms with Crippen LogP contribution in [-0.4, -0.2) is 24.5 Å². The number of halogens is 1. The maximum absolute atomic E-state index is 12.0. The number of ether oxygens (including phenoxy) is 1. The van der Waals surface area contributed by atoms with Crippen molar-refractivity contribution in [3.05, 3.63) is 59.4 Å². The van der Waals surface area contributed by atoms with Crippen molar-refractivity contribution in [2.24, 2.45) is 5.73 Å². The maximum atomic E-state index is 12.0. The Balaban J connectivity index is 0.00000242. The van der Waals surface area contributed by atoms with Gasteiger partial charge in [0.05, 0.1) is 12.8 Å². The second-order valence-electron chi connectivity index (χ2n) is 4.56. The van der Waals surface area contributed by atoms with E-state index in [2.05, 4.69) is 10.3 Å². The Morgan fingerprint density at radius 2 is 2.09 bits per heavy atom. The van der Waals surface area contributed by atoms with Gasteiger partial charge >= 0.3 is 0 Å². The summed E-state index contributed by atoms with van der Waals surface area (Å²) in [6.45, 7) is 0.863. The summed E-state index contributed by atoms with van der Waals surface area (Å²) < 4.78 is 5.28. The van der Waals surface area contributed by atoms with E-state index >= 15 is 0 Å². The zero-order valence-electron chi connectivity index (χ0n) is 12.4. The molecule has 2 rings (SSSR count). The van der Waals surface area contributed by atoms with E-state index in [9.17, 15) is 4.79 Å². The first-order valence-corrected chi connectivity index (χ1v) is 6.79. The molecule has 0 fully saturated rings. The van der Waals surface area contributed by atoms with Crippen LogP contribution in [0.2, 0.25) is 0 Å². The normalized spacial score (nSPS) is 9.73. The van der Waals surface area contributed by atoms with E-state index in [1.165, 1.54) is 0 Å². The summed E-state index contributed by atoms with van der Waals surface area (Å²) in [6.07, 6.45) is 2.31. The summed E-state index contributed by atoms with van der Waals surface area (Å²) in [5.74, 6) is 0.711. The van der Waals surface area contributed by atoms with Crippen LogP contribution in [0.1, 0.15) is 21.6 Å². The molecule has 3 N–H and O–H groups in total. The van der Waals surface area contributed by atoms with E-state index in [1.807, 2.05) is 24.3 Å². The quantitative estimate of drug-likeness (QED) is 0.852. The largest absolute Gasteiger partial charge is 0.496 e. The molecule has 0 aliphatic heterocycles. The van der Waals surface area contributed by atoms with E-state index in [0.717, 1.165) is 11.3 Å². The van der Waals surface area contributed by atoms with Crippen molar-refractivity contribution in [3.63, 3.8) is 0 Å². The van der Waals surface area contributed by atoms with Gasteiger partial charge in [-0.3, -0.25) is 9.78 Å². The molecule has 1 aromatic heterocycles. The zero-order valence-corrected chi connectivity index (χ0v) is 13.2. The first-order chi connectivity index (χ1) is 10.2. The fourth-order valence-electron chi connectivity index (χ4n) is 2.05. The zero-order chi connectivity index (χ0) is 15.1. The fraction of sp³-hybridized carbons (Fsp3) is 0.250. The van der Waals surface area contributed by atoms with E-state index in [1.54, 1.807) is 25.4 Å². The van der Waals surface area contributed by atoms with Crippen molar-refractivity contribution >= 4 is 18.3 Å². The van der Waals surface area contributed by atoms with Gasteiger partial charge in [0.2, 0.25) is 0 Å². The van der Waals surface area contributed by atoms with E-state index in [-0.39, 0.29) is 18.3 Å².